The molecule has 2 aromatic carbocycles. The van der Waals surface area contributed by atoms with Crippen LogP contribution in [-0.2, 0) is 11.2 Å². The van der Waals surface area contributed by atoms with Crippen LogP contribution in [0.2, 0.25) is 0 Å². The number of benzene rings is 2. The van der Waals surface area contributed by atoms with Gasteiger partial charge >= 0.3 is 0 Å². The predicted molar refractivity (Wildman–Crippen MR) is 85.4 cm³/mol. The summed E-state index contributed by atoms with van der Waals surface area (Å²) in [5, 5.41) is 2.87. The van der Waals surface area contributed by atoms with Crippen molar-refractivity contribution in [2.75, 3.05) is 5.32 Å². The van der Waals surface area contributed by atoms with E-state index in [0.29, 0.717) is 0 Å². The molecule has 19 heavy (non-hydrogen) atoms. The maximum Gasteiger partial charge on any atom is 0.221 e. The van der Waals surface area contributed by atoms with E-state index in [1.807, 2.05) is 30.3 Å². The van der Waals surface area contributed by atoms with E-state index in [9.17, 15) is 4.79 Å². The highest BCUT2D eigenvalue weighted by Gasteiger charge is 2.06. The zero-order valence-corrected chi connectivity index (χ0v) is 13.6. The van der Waals surface area contributed by atoms with Crippen LogP contribution in [0.4, 0.5) is 5.69 Å². The normalized spacial score (nSPS) is 10.3. The molecule has 0 atom stereocenters. The maximum atomic E-state index is 11.2. The van der Waals surface area contributed by atoms with Crippen LogP contribution in [0.15, 0.2) is 51.4 Å². The van der Waals surface area contributed by atoms with E-state index in [0.717, 1.165) is 26.6 Å². The quantitative estimate of drug-likeness (QED) is 0.814. The minimum atomic E-state index is -0.0600. The third-order valence-electron chi connectivity index (χ3n) is 2.69. The molecule has 2 aromatic rings. The van der Waals surface area contributed by atoms with Gasteiger partial charge in [0.15, 0.2) is 0 Å². The standard InChI is InChI=1S/C15H13Br2NO/c1-10(19)18-15-9-14(17)7-4-12(15)8-11-2-5-13(16)6-3-11/h2-7,9H,8H2,1H3,(H,18,19). The molecule has 0 unspecified atom stereocenters. The largest absolute Gasteiger partial charge is 0.326 e. The average molecular weight is 383 g/mol. The van der Waals surface area contributed by atoms with Crippen LogP contribution < -0.4 is 5.32 Å². The Morgan fingerprint density at radius 3 is 2.32 bits per heavy atom. The number of carbonyl (C=O) groups excluding carboxylic acids is 1. The molecule has 4 heteroatoms. The number of carbonyl (C=O) groups is 1. The zero-order valence-electron chi connectivity index (χ0n) is 10.4. The van der Waals surface area contributed by atoms with Gasteiger partial charge in [0.1, 0.15) is 0 Å². The zero-order chi connectivity index (χ0) is 13.8. The molecule has 0 bridgehead atoms. The second-order valence-corrected chi connectivity index (χ2v) is 6.12. The van der Waals surface area contributed by atoms with Gasteiger partial charge in [0.25, 0.3) is 0 Å². The van der Waals surface area contributed by atoms with Crippen LogP contribution in [-0.4, -0.2) is 5.91 Å². The van der Waals surface area contributed by atoms with Gasteiger partial charge in [-0.2, -0.15) is 0 Å². The lowest BCUT2D eigenvalue weighted by atomic mass is 10.0. The molecular formula is C15H13Br2NO. The van der Waals surface area contributed by atoms with E-state index in [-0.39, 0.29) is 5.91 Å². The summed E-state index contributed by atoms with van der Waals surface area (Å²) in [6.07, 6.45) is 0.788. The second-order valence-electron chi connectivity index (χ2n) is 4.29. The molecule has 0 saturated carbocycles. The van der Waals surface area contributed by atoms with E-state index in [4.69, 9.17) is 0 Å². The summed E-state index contributed by atoms with van der Waals surface area (Å²) in [6, 6.07) is 14.1. The van der Waals surface area contributed by atoms with Gasteiger partial charge in [-0.1, -0.05) is 50.1 Å². The summed E-state index contributed by atoms with van der Waals surface area (Å²) in [4.78, 5) is 11.2. The number of amides is 1. The van der Waals surface area contributed by atoms with Gasteiger partial charge in [-0.3, -0.25) is 4.79 Å². The second kappa shape index (κ2) is 6.35. The van der Waals surface area contributed by atoms with Gasteiger partial charge < -0.3 is 5.32 Å². The first kappa shape index (κ1) is 14.3. The average Bonchev–Trinajstić information content (AvgIpc) is 2.34. The number of anilines is 1. The number of hydrogen-bond donors (Lipinski definition) is 1. The summed E-state index contributed by atoms with van der Waals surface area (Å²) in [7, 11) is 0. The lowest BCUT2D eigenvalue weighted by molar-refractivity contribution is -0.114. The highest BCUT2D eigenvalue weighted by atomic mass is 79.9. The van der Waals surface area contributed by atoms with Crippen molar-refractivity contribution in [3.05, 3.63) is 62.5 Å². The van der Waals surface area contributed by atoms with Crippen molar-refractivity contribution in [3.63, 3.8) is 0 Å². The van der Waals surface area contributed by atoms with Gasteiger partial charge in [0.2, 0.25) is 5.91 Å². The molecule has 0 aliphatic carbocycles. The molecule has 2 rings (SSSR count). The Bertz CT molecular complexity index is 594. The predicted octanol–water partition coefficient (Wildman–Crippen LogP) is 4.76. The third-order valence-corrected chi connectivity index (χ3v) is 3.71. The van der Waals surface area contributed by atoms with Gasteiger partial charge in [0, 0.05) is 21.6 Å². The Labute approximate surface area is 129 Å². The Morgan fingerprint density at radius 1 is 1.05 bits per heavy atom. The van der Waals surface area contributed by atoms with Crippen LogP contribution in [0.25, 0.3) is 0 Å². The summed E-state index contributed by atoms with van der Waals surface area (Å²) < 4.78 is 2.02. The first-order valence-electron chi connectivity index (χ1n) is 5.85. The minimum Gasteiger partial charge on any atom is -0.326 e. The summed E-state index contributed by atoms with van der Waals surface area (Å²) in [6.45, 7) is 1.52. The lowest BCUT2D eigenvalue weighted by Gasteiger charge is -2.11. The molecule has 0 saturated heterocycles. The molecule has 0 radical (unpaired) electrons. The van der Waals surface area contributed by atoms with Crippen molar-refractivity contribution in [1.82, 2.24) is 0 Å². The van der Waals surface area contributed by atoms with Crippen LogP contribution >= 0.6 is 31.9 Å². The van der Waals surface area contributed by atoms with Gasteiger partial charge in [-0.25, -0.2) is 0 Å². The van der Waals surface area contributed by atoms with Crippen LogP contribution in [0.3, 0.4) is 0 Å². The first-order valence-corrected chi connectivity index (χ1v) is 7.43. The van der Waals surface area contributed by atoms with E-state index < -0.39 is 0 Å². The number of rotatable bonds is 3. The third kappa shape index (κ3) is 4.18. The molecule has 0 spiro atoms. The Hall–Kier alpha value is -1.13. The fourth-order valence-corrected chi connectivity index (χ4v) is 2.46. The summed E-state index contributed by atoms with van der Waals surface area (Å²) in [5.41, 5.74) is 3.16. The van der Waals surface area contributed by atoms with Crippen molar-refractivity contribution in [2.24, 2.45) is 0 Å². The van der Waals surface area contributed by atoms with E-state index in [1.54, 1.807) is 0 Å². The van der Waals surface area contributed by atoms with Crippen molar-refractivity contribution in [2.45, 2.75) is 13.3 Å². The smallest absolute Gasteiger partial charge is 0.221 e. The molecule has 1 N–H and O–H groups in total. The summed E-state index contributed by atoms with van der Waals surface area (Å²) >= 11 is 6.85. The molecule has 0 fully saturated rings. The Balaban J connectivity index is 2.28. The molecule has 98 valence electrons. The lowest BCUT2D eigenvalue weighted by Crippen LogP contribution is -2.08. The Kier molecular flexibility index (Phi) is 4.77. The molecule has 0 aliphatic heterocycles. The summed E-state index contributed by atoms with van der Waals surface area (Å²) in [5.74, 6) is -0.0600. The van der Waals surface area contributed by atoms with E-state index in [2.05, 4.69) is 49.3 Å². The topological polar surface area (TPSA) is 29.1 Å². The van der Waals surface area contributed by atoms with Gasteiger partial charge in [-0.15, -0.1) is 0 Å². The maximum absolute atomic E-state index is 11.2. The van der Waals surface area contributed by atoms with Crippen molar-refractivity contribution in [3.8, 4) is 0 Å². The highest BCUT2D eigenvalue weighted by molar-refractivity contribution is 9.10. The molecular weight excluding hydrogens is 370 g/mol. The van der Waals surface area contributed by atoms with Crippen LogP contribution in [0.1, 0.15) is 18.1 Å². The van der Waals surface area contributed by atoms with E-state index >= 15 is 0 Å². The van der Waals surface area contributed by atoms with Gasteiger partial charge in [0.05, 0.1) is 0 Å². The molecule has 2 nitrogen and oxygen atoms in total. The van der Waals surface area contributed by atoms with Crippen molar-refractivity contribution < 1.29 is 4.79 Å². The minimum absolute atomic E-state index is 0.0600. The van der Waals surface area contributed by atoms with Crippen molar-refractivity contribution in [1.29, 1.82) is 0 Å². The first-order chi connectivity index (χ1) is 9.04. The fraction of sp³-hybridized carbons (Fsp3) is 0.133. The number of hydrogen-bond acceptors (Lipinski definition) is 1. The van der Waals surface area contributed by atoms with E-state index in [1.165, 1.54) is 12.5 Å². The molecule has 1 amide bonds. The number of halogens is 2. The Morgan fingerprint density at radius 2 is 1.68 bits per heavy atom. The monoisotopic (exact) mass is 381 g/mol. The van der Waals surface area contributed by atoms with Crippen LogP contribution in [0.5, 0.6) is 0 Å². The number of nitrogens with one attached hydrogen (secondary N) is 1. The molecule has 0 aliphatic rings. The van der Waals surface area contributed by atoms with Crippen LogP contribution in [0, 0.1) is 0 Å². The fourth-order valence-electron chi connectivity index (χ4n) is 1.83. The van der Waals surface area contributed by atoms with Gasteiger partial charge in [-0.05, 0) is 41.8 Å². The molecule has 0 heterocycles. The highest BCUT2D eigenvalue weighted by Crippen LogP contribution is 2.24. The molecule has 0 aromatic heterocycles. The van der Waals surface area contributed by atoms with Crippen molar-refractivity contribution >= 4 is 43.5 Å². The SMILES string of the molecule is CC(=O)Nc1cc(Br)ccc1Cc1ccc(Br)cc1.